The number of aliphatic hydroxyl groups is 1. The predicted octanol–water partition coefficient (Wildman–Crippen LogP) is 3.37. The van der Waals surface area contributed by atoms with E-state index in [0.717, 1.165) is 17.5 Å². The second-order valence-corrected chi connectivity index (χ2v) is 8.05. The standard InChI is InChI=1S/C23H31NO5/c1-16(22(27)18-7-9-19(25)10-8-18)24-14-13-17-5-11-20(12-6-17)28-15-21(26)29-23(2,3)4/h5-12,16,22,24-25,27H,13-15H2,1-4H3. The third-order valence-electron chi connectivity index (χ3n) is 4.29. The number of aromatic hydroxyl groups is 1. The van der Waals surface area contributed by atoms with Gasteiger partial charge in [0.25, 0.3) is 0 Å². The van der Waals surface area contributed by atoms with Crippen molar-refractivity contribution >= 4 is 5.97 Å². The van der Waals surface area contributed by atoms with Crippen LogP contribution in [0.5, 0.6) is 11.5 Å². The lowest BCUT2D eigenvalue weighted by Crippen LogP contribution is -2.33. The predicted molar refractivity (Wildman–Crippen MR) is 112 cm³/mol. The summed E-state index contributed by atoms with van der Waals surface area (Å²) in [5, 5.41) is 23.0. The van der Waals surface area contributed by atoms with Crippen molar-refractivity contribution in [2.45, 2.75) is 51.9 Å². The van der Waals surface area contributed by atoms with Gasteiger partial charge in [-0.25, -0.2) is 4.79 Å². The van der Waals surface area contributed by atoms with Crippen LogP contribution in [0.3, 0.4) is 0 Å². The minimum Gasteiger partial charge on any atom is -0.508 e. The highest BCUT2D eigenvalue weighted by Crippen LogP contribution is 2.20. The van der Waals surface area contributed by atoms with E-state index in [1.165, 1.54) is 0 Å². The van der Waals surface area contributed by atoms with Crippen LogP contribution in [0.2, 0.25) is 0 Å². The Balaban J connectivity index is 1.74. The molecule has 2 unspecified atom stereocenters. The van der Waals surface area contributed by atoms with E-state index < -0.39 is 17.7 Å². The smallest absolute Gasteiger partial charge is 0.344 e. The number of rotatable bonds is 9. The van der Waals surface area contributed by atoms with Crippen molar-refractivity contribution in [1.29, 1.82) is 0 Å². The average molecular weight is 402 g/mol. The summed E-state index contributed by atoms with van der Waals surface area (Å²) >= 11 is 0. The molecule has 6 nitrogen and oxygen atoms in total. The Morgan fingerprint density at radius 1 is 1.07 bits per heavy atom. The van der Waals surface area contributed by atoms with Crippen LogP contribution in [-0.2, 0) is 16.0 Å². The highest BCUT2D eigenvalue weighted by Gasteiger charge is 2.17. The van der Waals surface area contributed by atoms with Gasteiger partial charge in [-0.3, -0.25) is 0 Å². The quantitative estimate of drug-likeness (QED) is 0.559. The van der Waals surface area contributed by atoms with Gasteiger partial charge >= 0.3 is 5.97 Å². The second kappa shape index (κ2) is 10.3. The van der Waals surface area contributed by atoms with Crippen LogP contribution in [0.4, 0.5) is 0 Å². The fourth-order valence-corrected chi connectivity index (χ4v) is 2.78. The zero-order chi connectivity index (χ0) is 21.4. The third-order valence-corrected chi connectivity index (χ3v) is 4.29. The fourth-order valence-electron chi connectivity index (χ4n) is 2.78. The minimum atomic E-state index is -0.653. The number of aliphatic hydroxyl groups excluding tert-OH is 1. The van der Waals surface area contributed by atoms with E-state index in [0.29, 0.717) is 12.3 Å². The number of esters is 1. The van der Waals surface area contributed by atoms with Crippen LogP contribution in [0.25, 0.3) is 0 Å². The maximum absolute atomic E-state index is 11.7. The van der Waals surface area contributed by atoms with Crippen molar-refractivity contribution in [1.82, 2.24) is 5.32 Å². The third kappa shape index (κ3) is 8.13. The molecule has 0 bridgehead atoms. The highest BCUT2D eigenvalue weighted by molar-refractivity contribution is 5.71. The second-order valence-electron chi connectivity index (χ2n) is 8.05. The number of carbonyl (C=O) groups is 1. The summed E-state index contributed by atoms with van der Waals surface area (Å²) in [5.41, 5.74) is 1.35. The number of phenolic OH excluding ortho intramolecular Hbond substituents is 1. The Hall–Kier alpha value is -2.57. The van der Waals surface area contributed by atoms with Crippen molar-refractivity contribution in [2.24, 2.45) is 0 Å². The molecule has 2 atom stereocenters. The Morgan fingerprint density at radius 3 is 2.28 bits per heavy atom. The van der Waals surface area contributed by atoms with Gasteiger partial charge in [-0.05, 0) is 76.1 Å². The maximum Gasteiger partial charge on any atom is 0.344 e. The molecule has 0 aliphatic rings. The lowest BCUT2D eigenvalue weighted by atomic mass is 10.0. The van der Waals surface area contributed by atoms with Gasteiger partial charge in [0.2, 0.25) is 0 Å². The van der Waals surface area contributed by atoms with E-state index in [1.54, 1.807) is 24.3 Å². The molecule has 0 radical (unpaired) electrons. The number of benzene rings is 2. The number of carbonyl (C=O) groups excluding carboxylic acids is 1. The topological polar surface area (TPSA) is 88.0 Å². The van der Waals surface area contributed by atoms with E-state index in [4.69, 9.17) is 9.47 Å². The molecule has 0 aliphatic heterocycles. The van der Waals surface area contributed by atoms with Gasteiger partial charge < -0.3 is 25.0 Å². The van der Waals surface area contributed by atoms with Gasteiger partial charge in [-0.2, -0.15) is 0 Å². The molecule has 0 amide bonds. The van der Waals surface area contributed by atoms with Crippen molar-refractivity contribution in [3.05, 3.63) is 59.7 Å². The minimum absolute atomic E-state index is 0.120. The molecule has 0 saturated heterocycles. The molecular weight excluding hydrogens is 370 g/mol. The molecule has 0 aromatic heterocycles. The van der Waals surface area contributed by atoms with Crippen LogP contribution < -0.4 is 10.1 Å². The van der Waals surface area contributed by atoms with Crippen LogP contribution in [-0.4, -0.2) is 41.0 Å². The summed E-state index contributed by atoms with van der Waals surface area (Å²) in [6.07, 6.45) is 0.137. The van der Waals surface area contributed by atoms with Gasteiger partial charge in [-0.15, -0.1) is 0 Å². The van der Waals surface area contributed by atoms with Crippen molar-refractivity contribution < 1.29 is 24.5 Å². The molecule has 0 spiro atoms. The largest absolute Gasteiger partial charge is 0.508 e. The molecule has 2 aromatic carbocycles. The molecule has 6 heteroatoms. The van der Waals surface area contributed by atoms with Crippen molar-refractivity contribution in [3.63, 3.8) is 0 Å². The number of hydrogen-bond acceptors (Lipinski definition) is 6. The maximum atomic E-state index is 11.7. The molecule has 29 heavy (non-hydrogen) atoms. The number of hydrogen-bond donors (Lipinski definition) is 3. The summed E-state index contributed by atoms with van der Waals surface area (Å²) in [5.74, 6) is 0.399. The van der Waals surface area contributed by atoms with Gasteiger partial charge in [0.1, 0.15) is 17.1 Å². The molecule has 2 aromatic rings. The lowest BCUT2D eigenvalue weighted by molar-refractivity contribution is -0.157. The van der Waals surface area contributed by atoms with Crippen LogP contribution in [0.1, 0.15) is 44.9 Å². The summed E-state index contributed by atoms with van der Waals surface area (Å²) in [7, 11) is 0. The molecule has 0 aliphatic carbocycles. The average Bonchev–Trinajstić information content (AvgIpc) is 2.66. The van der Waals surface area contributed by atoms with Gasteiger partial charge in [0.05, 0.1) is 6.10 Å². The Morgan fingerprint density at radius 2 is 1.69 bits per heavy atom. The lowest BCUT2D eigenvalue weighted by Gasteiger charge is -2.21. The Labute approximate surface area is 172 Å². The first-order valence-electron chi connectivity index (χ1n) is 9.78. The molecule has 158 valence electrons. The van der Waals surface area contributed by atoms with Crippen LogP contribution in [0, 0.1) is 0 Å². The normalized spacial score (nSPS) is 13.6. The van der Waals surface area contributed by atoms with E-state index in [9.17, 15) is 15.0 Å². The first-order valence-corrected chi connectivity index (χ1v) is 9.78. The van der Waals surface area contributed by atoms with E-state index in [1.807, 2.05) is 52.0 Å². The van der Waals surface area contributed by atoms with Gasteiger partial charge in [-0.1, -0.05) is 24.3 Å². The number of ether oxygens (including phenoxy) is 2. The van der Waals surface area contributed by atoms with Crippen LogP contribution in [0.15, 0.2) is 48.5 Å². The van der Waals surface area contributed by atoms with Crippen molar-refractivity contribution in [2.75, 3.05) is 13.2 Å². The van der Waals surface area contributed by atoms with Gasteiger partial charge in [0.15, 0.2) is 6.61 Å². The summed E-state index contributed by atoms with van der Waals surface area (Å²) in [4.78, 5) is 11.7. The zero-order valence-electron chi connectivity index (χ0n) is 17.5. The first kappa shape index (κ1) is 22.7. The number of phenols is 1. The highest BCUT2D eigenvalue weighted by atomic mass is 16.6. The molecule has 2 rings (SSSR count). The SMILES string of the molecule is CC(NCCc1ccc(OCC(=O)OC(C)(C)C)cc1)C(O)c1ccc(O)cc1. The Bertz CT molecular complexity index is 765. The number of nitrogens with one attached hydrogen (secondary N) is 1. The fraction of sp³-hybridized carbons (Fsp3) is 0.435. The summed E-state index contributed by atoms with van der Waals surface area (Å²) < 4.78 is 10.7. The Kier molecular flexibility index (Phi) is 8.05. The molecule has 0 heterocycles. The monoisotopic (exact) mass is 401 g/mol. The molecule has 3 N–H and O–H groups in total. The van der Waals surface area contributed by atoms with Crippen molar-refractivity contribution in [3.8, 4) is 11.5 Å². The van der Waals surface area contributed by atoms with E-state index in [2.05, 4.69) is 5.32 Å². The molecule has 0 fully saturated rings. The van der Waals surface area contributed by atoms with E-state index >= 15 is 0 Å². The first-order chi connectivity index (χ1) is 13.6. The van der Waals surface area contributed by atoms with Gasteiger partial charge in [0, 0.05) is 6.04 Å². The van der Waals surface area contributed by atoms with Crippen LogP contribution >= 0.6 is 0 Å². The zero-order valence-corrected chi connectivity index (χ0v) is 17.5. The molecular formula is C23H31NO5. The summed E-state index contributed by atoms with van der Waals surface area (Å²) in [6, 6.07) is 14.0. The summed E-state index contributed by atoms with van der Waals surface area (Å²) in [6.45, 7) is 7.96. The molecule has 0 saturated carbocycles. The van der Waals surface area contributed by atoms with E-state index in [-0.39, 0.29) is 18.4 Å².